The summed E-state index contributed by atoms with van der Waals surface area (Å²) >= 11 is 16.2. The topological polar surface area (TPSA) is 58.6 Å². The Morgan fingerprint density at radius 2 is 1.76 bits per heavy atom. The van der Waals surface area contributed by atoms with E-state index in [0.29, 0.717) is 27.8 Å². The second-order valence-corrected chi connectivity index (χ2v) is 10.5. The number of benzene rings is 2. The number of nitrogens with zero attached hydrogens (tertiary/aromatic N) is 1. The minimum Gasteiger partial charge on any atom is -0.483 e. The lowest BCUT2D eigenvalue weighted by molar-refractivity contribution is -0.143. The molecule has 0 saturated heterocycles. The lowest BCUT2D eigenvalue weighted by Gasteiger charge is -2.33. The largest absolute Gasteiger partial charge is 0.483 e. The second kappa shape index (κ2) is 12.1. The van der Waals surface area contributed by atoms with Gasteiger partial charge >= 0.3 is 0 Å². The SMILES string of the molecule is CCc1ccc(OCC(=O)N(Cc2c(Cl)cccc2Cl)[C@@H](CC)C(=O)NC(C)(C)C)c(Br)c1. The zero-order chi connectivity index (χ0) is 24.8. The van der Waals surface area contributed by atoms with Crippen molar-refractivity contribution in [3.05, 3.63) is 62.0 Å². The summed E-state index contributed by atoms with van der Waals surface area (Å²) in [6, 6.07) is 10.2. The van der Waals surface area contributed by atoms with Gasteiger partial charge in [0, 0.05) is 27.7 Å². The van der Waals surface area contributed by atoms with Gasteiger partial charge in [0.05, 0.1) is 4.47 Å². The molecule has 5 nitrogen and oxygen atoms in total. The predicted octanol–water partition coefficient (Wildman–Crippen LogP) is 6.42. The quantitative estimate of drug-likeness (QED) is 0.387. The molecule has 0 saturated carbocycles. The van der Waals surface area contributed by atoms with Crippen LogP contribution in [0, 0.1) is 0 Å². The second-order valence-electron chi connectivity index (χ2n) is 8.79. The molecular formula is C25H31BrCl2N2O3. The molecule has 2 rings (SSSR count). The summed E-state index contributed by atoms with van der Waals surface area (Å²) in [5.41, 5.74) is 1.30. The van der Waals surface area contributed by atoms with Crippen LogP contribution < -0.4 is 10.1 Å². The van der Waals surface area contributed by atoms with Crippen molar-refractivity contribution >= 4 is 50.9 Å². The number of rotatable bonds is 9. The zero-order valence-electron chi connectivity index (χ0n) is 19.7. The molecule has 8 heteroatoms. The van der Waals surface area contributed by atoms with Crippen LogP contribution in [0.25, 0.3) is 0 Å². The maximum Gasteiger partial charge on any atom is 0.261 e. The molecule has 2 aromatic rings. The van der Waals surface area contributed by atoms with Crippen molar-refractivity contribution in [1.29, 1.82) is 0 Å². The Hall–Kier alpha value is -1.76. The first-order valence-corrected chi connectivity index (χ1v) is 12.5. The summed E-state index contributed by atoms with van der Waals surface area (Å²) in [6.45, 7) is 9.48. The van der Waals surface area contributed by atoms with E-state index >= 15 is 0 Å². The van der Waals surface area contributed by atoms with Crippen molar-refractivity contribution in [1.82, 2.24) is 10.2 Å². The number of carbonyl (C=O) groups is 2. The molecule has 0 spiro atoms. The molecule has 0 aliphatic rings. The fraction of sp³-hybridized carbons (Fsp3) is 0.440. The molecule has 2 aromatic carbocycles. The van der Waals surface area contributed by atoms with E-state index in [1.165, 1.54) is 4.90 Å². The zero-order valence-corrected chi connectivity index (χ0v) is 22.8. The van der Waals surface area contributed by atoms with Crippen LogP contribution >= 0.6 is 39.1 Å². The van der Waals surface area contributed by atoms with E-state index < -0.39 is 11.6 Å². The number of aryl methyl sites for hydroxylation is 1. The predicted molar refractivity (Wildman–Crippen MR) is 138 cm³/mol. The van der Waals surface area contributed by atoms with Crippen LogP contribution in [0.5, 0.6) is 5.75 Å². The minimum atomic E-state index is -0.710. The van der Waals surface area contributed by atoms with Gasteiger partial charge in [-0.1, -0.05) is 49.2 Å². The average Bonchev–Trinajstić information content (AvgIpc) is 2.73. The van der Waals surface area contributed by atoms with Crippen LogP contribution in [-0.4, -0.2) is 34.9 Å². The third kappa shape index (κ3) is 7.90. The van der Waals surface area contributed by atoms with Gasteiger partial charge in [-0.2, -0.15) is 0 Å². The lowest BCUT2D eigenvalue weighted by atomic mass is 10.1. The van der Waals surface area contributed by atoms with Crippen LogP contribution in [0.1, 0.15) is 52.2 Å². The van der Waals surface area contributed by atoms with Gasteiger partial charge in [0.2, 0.25) is 5.91 Å². The van der Waals surface area contributed by atoms with Crippen molar-refractivity contribution < 1.29 is 14.3 Å². The highest BCUT2D eigenvalue weighted by molar-refractivity contribution is 9.10. The third-order valence-corrected chi connectivity index (χ3v) is 6.36. The van der Waals surface area contributed by atoms with Crippen LogP contribution in [0.15, 0.2) is 40.9 Å². The molecule has 180 valence electrons. The van der Waals surface area contributed by atoms with E-state index in [4.69, 9.17) is 27.9 Å². The average molecular weight is 558 g/mol. The summed E-state index contributed by atoms with van der Waals surface area (Å²) in [5.74, 6) is -0.0214. The molecule has 1 atom stereocenters. The number of ether oxygens (including phenoxy) is 1. The monoisotopic (exact) mass is 556 g/mol. The molecule has 0 bridgehead atoms. The van der Waals surface area contributed by atoms with Gasteiger partial charge in [0.1, 0.15) is 11.8 Å². The molecule has 33 heavy (non-hydrogen) atoms. The first-order valence-electron chi connectivity index (χ1n) is 10.9. The molecule has 0 aromatic heterocycles. The molecule has 0 radical (unpaired) electrons. The van der Waals surface area contributed by atoms with E-state index in [1.807, 2.05) is 45.9 Å². The van der Waals surface area contributed by atoms with Gasteiger partial charge in [-0.15, -0.1) is 0 Å². The molecule has 2 amide bonds. The molecule has 0 aliphatic heterocycles. The van der Waals surface area contributed by atoms with E-state index in [0.717, 1.165) is 16.5 Å². The van der Waals surface area contributed by atoms with E-state index in [9.17, 15) is 9.59 Å². The van der Waals surface area contributed by atoms with Crippen molar-refractivity contribution in [2.75, 3.05) is 6.61 Å². The Balaban J connectivity index is 2.32. The number of hydrogen-bond acceptors (Lipinski definition) is 3. The van der Waals surface area contributed by atoms with Gasteiger partial charge in [0.25, 0.3) is 5.91 Å². The highest BCUT2D eigenvalue weighted by Gasteiger charge is 2.31. The Labute approximate surface area is 214 Å². The molecule has 0 heterocycles. The molecule has 1 N–H and O–H groups in total. The Kier molecular flexibility index (Phi) is 10.1. The highest BCUT2D eigenvalue weighted by Crippen LogP contribution is 2.28. The summed E-state index contributed by atoms with van der Waals surface area (Å²) in [6.07, 6.45) is 1.32. The van der Waals surface area contributed by atoms with E-state index in [-0.39, 0.29) is 25.0 Å². The van der Waals surface area contributed by atoms with Gasteiger partial charge in [-0.05, 0) is 79.4 Å². The Bertz CT molecular complexity index is 972. The van der Waals surface area contributed by atoms with Crippen LogP contribution in [0.3, 0.4) is 0 Å². The van der Waals surface area contributed by atoms with E-state index in [2.05, 4.69) is 28.2 Å². The third-order valence-electron chi connectivity index (χ3n) is 5.03. The van der Waals surface area contributed by atoms with Crippen LogP contribution in [-0.2, 0) is 22.6 Å². The van der Waals surface area contributed by atoms with Crippen molar-refractivity contribution in [2.45, 2.75) is 65.6 Å². The summed E-state index contributed by atoms with van der Waals surface area (Å²) in [4.78, 5) is 27.9. The van der Waals surface area contributed by atoms with Gasteiger partial charge in [0.15, 0.2) is 6.61 Å². The fourth-order valence-corrected chi connectivity index (χ4v) is 4.39. The van der Waals surface area contributed by atoms with Crippen molar-refractivity contribution in [3.63, 3.8) is 0 Å². The standard InChI is InChI=1S/C25H31BrCl2N2O3/c1-6-16-11-12-22(18(26)13-16)33-15-23(31)30(14-17-19(27)9-8-10-20(17)28)21(7-2)24(32)29-25(3,4)5/h8-13,21H,6-7,14-15H2,1-5H3,(H,29,32)/t21-/m0/s1. The number of halogens is 3. The van der Waals surface area contributed by atoms with Gasteiger partial charge in [-0.25, -0.2) is 0 Å². The first kappa shape index (κ1) is 27.5. The van der Waals surface area contributed by atoms with Crippen LogP contribution in [0.2, 0.25) is 10.0 Å². The number of hydrogen-bond donors (Lipinski definition) is 1. The number of carbonyl (C=O) groups excluding carboxylic acids is 2. The van der Waals surface area contributed by atoms with Gasteiger partial charge in [-0.3, -0.25) is 9.59 Å². The van der Waals surface area contributed by atoms with Gasteiger partial charge < -0.3 is 15.0 Å². The smallest absolute Gasteiger partial charge is 0.261 e. The molecule has 0 unspecified atom stereocenters. The van der Waals surface area contributed by atoms with Crippen molar-refractivity contribution in [2.24, 2.45) is 0 Å². The summed E-state index contributed by atoms with van der Waals surface area (Å²) in [7, 11) is 0. The summed E-state index contributed by atoms with van der Waals surface area (Å²) in [5, 5.41) is 3.84. The maximum absolute atomic E-state index is 13.4. The molecule has 0 fully saturated rings. The first-order chi connectivity index (χ1) is 15.5. The molecular weight excluding hydrogens is 527 g/mol. The normalized spacial score (nSPS) is 12.2. The number of nitrogens with one attached hydrogen (secondary N) is 1. The van der Waals surface area contributed by atoms with Crippen molar-refractivity contribution in [3.8, 4) is 5.75 Å². The van der Waals surface area contributed by atoms with Crippen LogP contribution in [0.4, 0.5) is 0 Å². The van der Waals surface area contributed by atoms with E-state index in [1.54, 1.807) is 18.2 Å². The Morgan fingerprint density at radius 3 is 2.27 bits per heavy atom. The lowest BCUT2D eigenvalue weighted by Crippen LogP contribution is -2.54. The Morgan fingerprint density at radius 1 is 1.12 bits per heavy atom. The maximum atomic E-state index is 13.4. The minimum absolute atomic E-state index is 0.0900. The fourth-order valence-electron chi connectivity index (χ4n) is 3.33. The molecule has 0 aliphatic carbocycles. The summed E-state index contributed by atoms with van der Waals surface area (Å²) < 4.78 is 6.59. The number of amides is 2. The highest BCUT2D eigenvalue weighted by atomic mass is 79.9.